The zero-order valence-electron chi connectivity index (χ0n) is 11.1. The molecule has 0 spiro atoms. The topological polar surface area (TPSA) is 82.1 Å². The first-order chi connectivity index (χ1) is 10.4. The van der Waals surface area contributed by atoms with Crippen molar-refractivity contribution in [3.05, 3.63) is 73.8 Å². The standard InChI is InChI=1S/C9H9BN6.C3H4N2/c1-4-11-14(7-1)10(15-8-2-5-12-15)16-9-3-6-13-16;1-2-4-5-3-1/h1-9H;1-3H,(H,4,5). The Balaban J connectivity index is 0.000000225. The lowest BCUT2D eigenvalue weighted by molar-refractivity contribution is 0.771. The van der Waals surface area contributed by atoms with Gasteiger partial charge in [0.25, 0.3) is 0 Å². The van der Waals surface area contributed by atoms with Crippen LogP contribution in [0.25, 0.3) is 0 Å². The van der Waals surface area contributed by atoms with Gasteiger partial charge >= 0.3 is 7.12 Å². The van der Waals surface area contributed by atoms with Crippen LogP contribution < -0.4 is 0 Å². The SMILES string of the molecule is c1cn[nH]c1.c1cnn(B(n2cccn2)n2cccn2)c1. The van der Waals surface area contributed by atoms with Crippen LogP contribution in [-0.2, 0) is 0 Å². The van der Waals surface area contributed by atoms with E-state index in [1.807, 2.05) is 42.9 Å². The van der Waals surface area contributed by atoms with Gasteiger partial charge in [-0.25, -0.2) is 0 Å². The molecule has 0 radical (unpaired) electrons. The van der Waals surface area contributed by atoms with Gasteiger partial charge < -0.3 is 0 Å². The van der Waals surface area contributed by atoms with E-state index in [0.717, 1.165) is 0 Å². The summed E-state index contributed by atoms with van der Waals surface area (Å²) in [6.07, 6.45) is 14.3. The third-order valence-corrected chi connectivity index (χ3v) is 2.69. The highest BCUT2D eigenvalue weighted by Gasteiger charge is 2.25. The number of rotatable bonds is 3. The quantitative estimate of drug-likeness (QED) is 0.557. The van der Waals surface area contributed by atoms with Crippen molar-refractivity contribution >= 4 is 7.12 Å². The van der Waals surface area contributed by atoms with Crippen molar-refractivity contribution in [1.82, 2.24) is 39.3 Å². The summed E-state index contributed by atoms with van der Waals surface area (Å²) in [5.74, 6) is 0. The maximum absolute atomic E-state index is 4.22. The minimum Gasteiger partial charge on any atom is -0.286 e. The fourth-order valence-electron chi connectivity index (χ4n) is 1.83. The van der Waals surface area contributed by atoms with Crippen molar-refractivity contribution in [3.8, 4) is 0 Å². The third kappa shape index (κ3) is 3.08. The molecular weight excluding hydrogens is 267 g/mol. The predicted octanol–water partition coefficient (Wildman–Crippen LogP) is 0.615. The van der Waals surface area contributed by atoms with Crippen LogP contribution in [0.1, 0.15) is 0 Å². The summed E-state index contributed by atoms with van der Waals surface area (Å²) in [6.45, 7) is 0. The molecule has 0 aliphatic rings. The molecule has 4 rings (SSSR count). The Bertz CT molecular complexity index is 601. The lowest BCUT2D eigenvalue weighted by Gasteiger charge is -2.12. The molecule has 1 N–H and O–H groups in total. The molecule has 4 aromatic rings. The fourth-order valence-corrected chi connectivity index (χ4v) is 1.83. The Labute approximate surface area is 121 Å². The smallest absolute Gasteiger partial charge is 0.286 e. The van der Waals surface area contributed by atoms with Gasteiger partial charge in [0.15, 0.2) is 0 Å². The van der Waals surface area contributed by atoms with Crippen LogP contribution in [0, 0.1) is 0 Å². The van der Waals surface area contributed by atoms with Crippen molar-refractivity contribution < 1.29 is 0 Å². The molecule has 0 aliphatic heterocycles. The molecule has 0 aromatic carbocycles. The number of nitrogens with one attached hydrogen (secondary N) is 1. The summed E-state index contributed by atoms with van der Waals surface area (Å²) in [5, 5.41) is 18.9. The molecule has 0 saturated carbocycles. The molecule has 0 amide bonds. The average Bonchev–Trinajstić information content (AvgIpc) is 3.32. The fraction of sp³-hybridized carbons (Fsp3) is 0. The highest BCUT2D eigenvalue weighted by atomic mass is 15.4. The number of nitrogens with zero attached hydrogens (tertiary/aromatic N) is 7. The van der Waals surface area contributed by atoms with Crippen LogP contribution in [0.15, 0.2) is 73.8 Å². The van der Waals surface area contributed by atoms with Crippen LogP contribution in [0.2, 0.25) is 0 Å². The van der Waals surface area contributed by atoms with Gasteiger partial charge in [0, 0.05) is 49.6 Å². The molecular formula is C12H13BN8. The number of aromatic nitrogens is 8. The van der Waals surface area contributed by atoms with Crippen molar-refractivity contribution in [2.75, 3.05) is 0 Å². The van der Waals surface area contributed by atoms with Gasteiger partial charge in [-0.1, -0.05) is 0 Å². The molecule has 4 heterocycles. The molecule has 0 saturated heterocycles. The Morgan fingerprint density at radius 2 is 1.19 bits per heavy atom. The van der Waals surface area contributed by atoms with Crippen molar-refractivity contribution in [2.24, 2.45) is 0 Å². The molecule has 4 aromatic heterocycles. The third-order valence-electron chi connectivity index (χ3n) is 2.69. The number of hydrogen-bond donors (Lipinski definition) is 1. The monoisotopic (exact) mass is 280 g/mol. The van der Waals surface area contributed by atoms with Crippen LogP contribution in [0.4, 0.5) is 0 Å². The first kappa shape index (κ1) is 12.9. The van der Waals surface area contributed by atoms with E-state index in [1.165, 1.54) is 0 Å². The maximum Gasteiger partial charge on any atom is 0.568 e. The van der Waals surface area contributed by atoms with E-state index >= 15 is 0 Å². The molecule has 8 nitrogen and oxygen atoms in total. The predicted molar refractivity (Wildman–Crippen MR) is 77.2 cm³/mol. The van der Waals surface area contributed by atoms with Crippen molar-refractivity contribution in [3.63, 3.8) is 0 Å². The van der Waals surface area contributed by atoms with Crippen molar-refractivity contribution in [2.45, 2.75) is 0 Å². The Hall–Kier alpha value is -3.10. The largest absolute Gasteiger partial charge is 0.568 e. The van der Waals surface area contributed by atoms with E-state index in [9.17, 15) is 0 Å². The molecule has 0 bridgehead atoms. The highest BCUT2D eigenvalue weighted by molar-refractivity contribution is 6.52. The van der Waals surface area contributed by atoms with Crippen LogP contribution >= 0.6 is 0 Å². The normalized spacial score (nSPS) is 9.90. The minimum absolute atomic E-state index is 0.194. The second-order valence-electron chi connectivity index (χ2n) is 4.07. The molecule has 104 valence electrons. The molecule has 0 unspecified atom stereocenters. The van der Waals surface area contributed by atoms with Crippen LogP contribution in [0.3, 0.4) is 0 Å². The van der Waals surface area contributed by atoms with Crippen LogP contribution in [-0.4, -0.2) is 46.4 Å². The first-order valence-electron chi connectivity index (χ1n) is 6.36. The summed E-state index contributed by atoms with van der Waals surface area (Å²) in [6, 6.07) is 7.46. The van der Waals surface area contributed by atoms with Gasteiger partial charge in [0.1, 0.15) is 0 Å². The van der Waals surface area contributed by atoms with E-state index in [-0.39, 0.29) is 7.12 Å². The van der Waals surface area contributed by atoms with E-state index < -0.39 is 0 Å². The summed E-state index contributed by atoms with van der Waals surface area (Å²) < 4.78 is 5.38. The van der Waals surface area contributed by atoms with Crippen molar-refractivity contribution in [1.29, 1.82) is 0 Å². The van der Waals surface area contributed by atoms with E-state index in [0.29, 0.717) is 0 Å². The van der Waals surface area contributed by atoms with Gasteiger partial charge in [-0.2, -0.15) is 20.4 Å². The molecule has 0 fully saturated rings. The lowest BCUT2D eigenvalue weighted by Crippen LogP contribution is -2.42. The Morgan fingerprint density at radius 3 is 1.43 bits per heavy atom. The second-order valence-corrected chi connectivity index (χ2v) is 4.07. The maximum atomic E-state index is 4.22. The number of aromatic amines is 1. The van der Waals surface area contributed by atoms with Gasteiger partial charge in [0.05, 0.1) is 0 Å². The number of H-pyrrole nitrogens is 1. The summed E-state index contributed by atoms with van der Waals surface area (Å²) in [7, 11) is -0.194. The molecule has 9 heteroatoms. The van der Waals surface area contributed by atoms with E-state index in [2.05, 4.69) is 25.5 Å². The van der Waals surface area contributed by atoms with E-state index in [1.54, 1.807) is 44.8 Å². The second kappa shape index (κ2) is 6.37. The first-order valence-corrected chi connectivity index (χ1v) is 6.36. The Morgan fingerprint density at radius 1 is 0.667 bits per heavy atom. The molecule has 0 aliphatic carbocycles. The van der Waals surface area contributed by atoms with Crippen LogP contribution in [0.5, 0.6) is 0 Å². The Kier molecular flexibility index (Phi) is 3.92. The van der Waals surface area contributed by atoms with Gasteiger partial charge in [-0.3, -0.25) is 18.9 Å². The van der Waals surface area contributed by atoms with Gasteiger partial charge in [-0.15, -0.1) is 0 Å². The summed E-state index contributed by atoms with van der Waals surface area (Å²) in [5.41, 5.74) is 0. The molecule has 0 atom stereocenters. The van der Waals surface area contributed by atoms with Gasteiger partial charge in [-0.05, 0) is 24.3 Å². The zero-order valence-corrected chi connectivity index (χ0v) is 11.1. The average molecular weight is 280 g/mol. The lowest BCUT2D eigenvalue weighted by atomic mass is 9.96. The highest BCUT2D eigenvalue weighted by Crippen LogP contribution is 1.97. The zero-order chi connectivity index (χ0) is 14.3. The summed E-state index contributed by atoms with van der Waals surface area (Å²) in [4.78, 5) is 0. The minimum atomic E-state index is -0.194. The molecule has 21 heavy (non-hydrogen) atoms. The van der Waals surface area contributed by atoms with E-state index in [4.69, 9.17) is 0 Å². The van der Waals surface area contributed by atoms with Gasteiger partial charge in [0.2, 0.25) is 0 Å². The summed E-state index contributed by atoms with van der Waals surface area (Å²) >= 11 is 0. The number of hydrogen-bond acceptors (Lipinski definition) is 4.